The van der Waals surface area contributed by atoms with Crippen molar-refractivity contribution in [3.8, 4) is 0 Å². The zero-order valence-corrected chi connectivity index (χ0v) is 11.0. The summed E-state index contributed by atoms with van der Waals surface area (Å²) in [5.41, 5.74) is 0.195. The molecular weight excluding hydrogens is 304 g/mol. The third kappa shape index (κ3) is 3.02. The molecule has 0 aromatic heterocycles. The quantitative estimate of drug-likeness (QED) is 0.489. The van der Waals surface area contributed by atoms with Crippen molar-refractivity contribution in [3.63, 3.8) is 0 Å². The van der Waals surface area contributed by atoms with Crippen LogP contribution in [0.3, 0.4) is 0 Å². The van der Waals surface area contributed by atoms with Crippen LogP contribution in [-0.4, -0.2) is 33.1 Å². The number of rotatable bonds is 5. The van der Waals surface area contributed by atoms with E-state index in [1.165, 1.54) is 18.2 Å². The van der Waals surface area contributed by atoms with Gasteiger partial charge < -0.3 is 10.2 Å². The summed E-state index contributed by atoms with van der Waals surface area (Å²) < 4.78 is 0. The minimum absolute atomic E-state index is 0.0451. The van der Waals surface area contributed by atoms with E-state index in [0.29, 0.717) is 6.29 Å². The molecule has 18 heavy (non-hydrogen) atoms. The maximum Gasteiger partial charge on any atom is 0.337 e. The van der Waals surface area contributed by atoms with Gasteiger partial charge in [-0.1, -0.05) is 28.1 Å². The molecule has 0 bridgehead atoms. The Labute approximate surface area is 112 Å². The molecule has 2 atom stereocenters. The van der Waals surface area contributed by atoms with Crippen LogP contribution in [0.2, 0.25) is 0 Å². The summed E-state index contributed by atoms with van der Waals surface area (Å²) in [5, 5.41) is 18.2. The lowest BCUT2D eigenvalue weighted by Gasteiger charge is -2.11. The van der Waals surface area contributed by atoms with Gasteiger partial charge in [-0.2, -0.15) is 0 Å². The number of carbonyl (C=O) groups excluding carboxylic acids is 2. The van der Waals surface area contributed by atoms with Gasteiger partial charge in [0.25, 0.3) is 0 Å². The SMILES string of the molecule is CC(Br)C(=O)c1ccc(C=O)c(C(O)C(=O)O)c1. The van der Waals surface area contributed by atoms with Crippen LogP contribution in [-0.2, 0) is 4.79 Å². The van der Waals surface area contributed by atoms with Gasteiger partial charge in [0.1, 0.15) is 6.29 Å². The van der Waals surface area contributed by atoms with Crippen molar-refractivity contribution in [1.29, 1.82) is 0 Å². The van der Waals surface area contributed by atoms with Crippen molar-refractivity contribution in [2.75, 3.05) is 0 Å². The molecule has 0 radical (unpaired) electrons. The van der Waals surface area contributed by atoms with Gasteiger partial charge in [0.15, 0.2) is 11.9 Å². The normalized spacial score (nSPS) is 13.7. The van der Waals surface area contributed by atoms with Crippen molar-refractivity contribution in [3.05, 3.63) is 34.9 Å². The number of aldehydes is 1. The summed E-state index contributed by atoms with van der Waals surface area (Å²) in [6, 6.07) is 3.96. The average Bonchev–Trinajstić information content (AvgIpc) is 2.35. The van der Waals surface area contributed by atoms with Crippen LogP contribution in [0.25, 0.3) is 0 Å². The summed E-state index contributed by atoms with van der Waals surface area (Å²) in [6.07, 6.45) is -1.39. The molecule has 2 N–H and O–H groups in total. The summed E-state index contributed by atoms with van der Waals surface area (Å²) in [5.74, 6) is -1.74. The molecule has 0 aliphatic rings. The highest BCUT2D eigenvalue weighted by Crippen LogP contribution is 2.21. The number of aliphatic carboxylic acids is 1. The van der Waals surface area contributed by atoms with Gasteiger partial charge in [-0.25, -0.2) is 4.79 Å². The molecule has 0 saturated carbocycles. The van der Waals surface area contributed by atoms with Gasteiger partial charge in [0.05, 0.1) is 4.83 Å². The first-order chi connectivity index (χ1) is 8.38. The Morgan fingerprint density at radius 2 is 2.00 bits per heavy atom. The number of aliphatic hydroxyl groups is 1. The zero-order chi connectivity index (χ0) is 13.9. The Balaban J connectivity index is 3.30. The number of carboxylic acids is 1. The Bertz CT molecular complexity index is 495. The molecule has 0 amide bonds. The molecule has 0 heterocycles. The molecule has 0 spiro atoms. The van der Waals surface area contributed by atoms with E-state index in [1.54, 1.807) is 6.92 Å². The Morgan fingerprint density at radius 3 is 2.44 bits per heavy atom. The number of alkyl halides is 1. The van der Waals surface area contributed by atoms with E-state index in [9.17, 15) is 19.5 Å². The van der Waals surface area contributed by atoms with E-state index >= 15 is 0 Å². The van der Waals surface area contributed by atoms with Crippen molar-refractivity contribution in [2.45, 2.75) is 17.9 Å². The maximum absolute atomic E-state index is 11.7. The molecule has 96 valence electrons. The molecule has 0 saturated heterocycles. The fraction of sp³-hybridized carbons (Fsp3) is 0.250. The number of hydrogen-bond donors (Lipinski definition) is 2. The Morgan fingerprint density at radius 1 is 1.39 bits per heavy atom. The number of aliphatic hydroxyl groups excluding tert-OH is 1. The highest BCUT2D eigenvalue weighted by molar-refractivity contribution is 9.10. The Kier molecular flexibility index (Phi) is 4.75. The van der Waals surface area contributed by atoms with E-state index < -0.39 is 16.9 Å². The molecule has 0 aliphatic heterocycles. The van der Waals surface area contributed by atoms with Gasteiger partial charge in [-0.3, -0.25) is 9.59 Å². The molecule has 1 aromatic rings. The second-order valence-corrected chi connectivity index (χ2v) is 5.06. The molecule has 5 nitrogen and oxygen atoms in total. The van der Waals surface area contributed by atoms with Crippen molar-refractivity contribution >= 4 is 34.0 Å². The molecule has 2 unspecified atom stereocenters. The summed E-state index contributed by atoms with van der Waals surface area (Å²) in [4.78, 5) is 32.8. The number of benzene rings is 1. The van der Waals surface area contributed by atoms with Crippen molar-refractivity contribution in [1.82, 2.24) is 0 Å². The highest BCUT2D eigenvalue weighted by Gasteiger charge is 2.22. The lowest BCUT2D eigenvalue weighted by atomic mass is 9.97. The summed E-state index contributed by atoms with van der Waals surface area (Å²) in [7, 11) is 0. The van der Waals surface area contributed by atoms with Crippen LogP contribution in [0.5, 0.6) is 0 Å². The van der Waals surface area contributed by atoms with Crippen LogP contribution in [0.15, 0.2) is 18.2 Å². The second kappa shape index (κ2) is 5.88. The first kappa shape index (κ1) is 14.5. The van der Waals surface area contributed by atoms with Crippen LogP contribution in [0, 0.1) is 0 Å². The van der Waals surface area contributed by atoms with E-state index in [1.807, 2.05) is 0 Å². The predicted octanol–water partition coefficient (Wildman–Crippen LogP) is 1.58. The first-order valence-corrected chi connectivity index (χ1v) is 5.98. The second-order valence-electron chi connectivity index (χ2n) is 3.68. The first-order valence-electron chi connectivity index (χ1n) is 5.06. The monoisotopic (exact) mass is 314 g/mol. The van der Waals surface area contributed by atoms with E-state index in [0.717, 1.165) is 0 Å². The molecule has 6 heteroatoms. The lowest BCUT2D eigenvalue weighted by molar-refractivity contribution is -0.146. The van der Waals surface area contributed by atoms with Crippen LogP contribution < -0.4 is 0 Å². The fourth-order valence-electron chi connectivity index (χ4n) is 1.43. The van der Waals surface area contributed by atoms with Crippen LogP contribution >= 0.6 is 15.9 Å². The topological polar surface area (TPSA) is 91.7 Å². The molecule has 0 fully saturated rings. The van der Waals surface area contributed by atoms with Crippen LogP contribution in [0.4, 0.5) is 0 Å². The van der Waals surface area contributed by atoms with E-state index in [4.69, 9.17) is 5.11 Å². The third-order valence-electron chi connectivity index (χ3n) is 2.39. The number of carbonyl (C=O) groups is 3. The number of carboxylic acid groups (broad SMARTS) is 1. The average molecular weight is 315 g/mol. The molecular formula is C12H11BrO5. The van der Waals surface area contributed by atoms with Gasteiger partial charge in [0, 0.05) is 16.7 Å². The fourth-order valence-corrected chi connectivity index (χ4v) is 1.70. The molecule has 0 aliphatic carbocycles. The smallest absolute Gasteiger partial charge is 0.337 e. The number of ketones is 1. The molecule has 1 aromatic carbocycles. The largest absolute Gasteiger partial charge is 0.479 e. The predicted molar refractivity (Wildman–Crippen MR) is 67.1 cm³/mol. The zero-order valence-electron chi connectivity index (χ0n) is 9.46. The summed E-state index contributed by atoms with van der Waals surface area (Å²) in [6.45, 7) is 1.63. The Hall–Kier alpha value is -1.53. The van der Waals surface area contributed by atoms with E-state index in [2.05, 4.69) is 15.9 Å². The molecule has 1 rings (SSSR count). The number of hydrogen-bond acceptors (Lipinski definition) is 4. The van der Waals surface area contributed by atoms with Crippen molar-refractivity contribution in [2.24, 2.45) is 0 Å². The number of halogens is 1. The van der Waals surface area contributed by atoms with Crippen molar-refractivity contribution < 1.29 is 24.6 Å². The van der Waals surface area contributed by atoms with Crippen LogP contribution in [0.1, 0.15) is 39.3 Å². The van der Waals surface area contributed by atoms with Gasteiger partial charge in [-0.05, 0) is 13.0 Å². The highest BCUT2D eigenvalue weighted by atomic mass is 79.9. The van der Waals surface area contributed by atoms with Gasteiger partial charge >= 0.3 is 5.97 Å². The summed E-state index contributed by atoms with van der Waals surface area (Å²) >= 11 is 3.10. The van der Waals surface area contributed by atoms with Gasteiger partial charge in [0.2, 0.25) is 0 Å². The number of Topliss-reactive ketones (excluding diaryl/α,β-unsaturated/α-hetero) is 1. The van der Waals surface area contributed by atoms with Gasteiger partial charge in [-0.15, -0.1) is 0 Å². The minimum Gasteiger partial charge on any atom is -0.479 e. The van der Waals surface area contributed by atoms with E-state index in [-0.39, 0.29) is 22.5 Å². The maximum atomic E-state index is 11.7. The standard InChI is InChI=1S/C12H11BrO5/c1-6(13)10(15)7-2-3-8(5-14)9(4-7)11(16)12(17)18/h2-6,11,16H,1H3,(H,17,18). The minimum atomic E-state index is -1.83. The lowest BCUT2D eigenvalue weighted by Crippen LogP contribution is -2.15. The third-order valence-corrected chi connectivity index (χ3v) is 2.80.